The lowest BCUT2D eigenvalue weighted by molar-refractivity contribution is -0.648. The second-order valence-electron chi connectivity index (χ2n) is 5.75. The van der Waals surface area contributed by atoms with Gasteiger partial charge in [-0.15, -0.1) is 0 Å². The number of benzene rings is 1. The number of imidazole rings is 1. The van der Waals surface area contributed by atoms with E-state index in [9.17, 15) is 0 Å². The van der Waals surface area contributed by atoms with Crippen LogP contribution in [0.1, 0.15) is 5.56 Å². The Kier molecular flexibility index (Phi) is 1.86. The summed E-state index contributed by atoms with van der Waals surface area (Å²) in [7, 11) is 4.29. The van der Waals surface area contributed by atoms with Gasteiger partial charge in [-0.25, -0.2) is 4.57 Å². The Hall–Kier alpha value is -2.62. The van der Waals surface area contributed by atoms with Gasteiger partial charge in [0.15, 0.2) is 5.52 Å². The molecule has 0 spiro atoms. The number of nitrogens with zero attached hydrogens (tertiary/aromatic N) is 4. The highest BCUT2D eigenvalue weighted by Crippen LogP contribution is 2.34. The number of aryl methyl sites for hydroxylation is 2. The second kappa shape index (κ2) is 3.52. The highest BCUT2D eigenvalue weighted by Gasteiger charge is 2.34. The summed E-state index contributed by atoms with van der Waals surface area (Å²) < 4.78 is 7.00. The van der Waals surface area contributed by atoms with Crippen LogP contribution >= 0.6 is 0 Å². The fraction of sp³-hybridized carbons (Fsp3) is 0.176. The van der Waals surface area contributed by atoms with Crippen LogP contribution < -0.4 is 4.57 Å². The Bertz CT molecular complexity index is 1040. The number of hydrogen-bond donors (Lipinski definition) is 0. The number of hydrogen-bond acceptors (Lipinski definition) is 1. The number of aromatic nitrogens is 4. The molecule has 0 unspecified atom stereocenters. The smallest absolute Gasteiger partial charge is 0.261 e. The van der Waals surface area contributed by atoms with E-state index in [2.05, 4.69) is 63.1 Å². The van der Waals surface area contributed by atoms with Crippen LogP contribution in [-0.4, -0.2) is 14.1 Å². The molecule has 0 saturated heterocycles. The number of fused-ring (bicyclic) bond motifs is 7. The zero-order valence-electron chi connectivity index (χ0n) is 12.0. The maximum Gasteiger partial charge on any atom is 0.269 e. The van der Waals surface area contributed by atoms with Gasteiger partial charge < -0.3 is 0 Å². The molecule has 0 amide bonds. The van der Waals surface area contributed by atoms with Crippen molar-refractivity contribution in [1.29, 1.82) is 0 Å². The van der Waals surface area contributed by atoms with Gasteiger partial charge in [0.25, 0.3) is 5.65 Å². The van der Waals surface area contributed by atoms with Crippen LogP contribution in [0.4, 0.5) is 0 Å². The molecule has 0 bridgehead atoms. The van der Waals surface area contributed by atoms with Crippen LogP contribution in [0.3, 0.4) is 0 Å². The van der Waals surface area contributed by atoms with Gasteiger partial charge in [-0.1, -0.05) is 18.2 Å². The lowest BCUT2D eigenvalue weighted by Crippen LogP contribution is -2.33. The lowest BCUT2D eigenvalue weighted by Gasteiger charge is -1.97. The molecule has 0 atom stereocenters. The van der Waals surface area contributed by atoms with Crippen LogP contribution in [0.2, 0.25) is 0 Å². The largest absolute Gasteiger partial charge is 0.269 e. The summed E-state index contributed by atoms with van der Waals surface area (Å²) in [6.45, 7) is 0.945. The molecule has 5 rings (SSSR count). The van der Waals surface area contributed by atoms with Gasteiger partial charge in [0.2, 0.25) is 5.82 Å². The average Bonchev–Trinajstić information content (AvgIpc) is 3.11. The minimum Gasteiger partial charge on any atom is -0.261 e. The van der Waals surface area contributed by atoms with Gasteiger partial charge in [-0.3, -0.25) is 14.1 Å². The van der Waals surface area contributed by atoms with Crippen molar-refractivity contribution in [2.24, 2.45) is 14.1 Å². The molecule has 0 N–H and O–H groups in total. The Morgan fingerprint density at radius 1 is 1.10 bits per heavy atom. The Labute approximate surface area is 121 Å². The summed E-state index contributed by atoms with van der Waals surface area (Å²) in [5, 5.41) is 1.27. The summed E-state index contributed by atoms with van der Waals surface area (Å²) in [5.41, 5.74) is 6.49. The number of pyridine rings is 1. The minimum atomic E-state index is 0.945. The first-order chi connectivity index (χ1) is 10.3. The minimum absolute atomic E-state index is 0.945. The van der Waals surface area contributed by atoms with E-state index in [0.29, 0.717) is 0 Å². The van der Waals surface area contributed by atoms with E-state index in [4.69, 9.17) is 0 Å². The molecule has 102 valence electrons. The average molecular weight is 275 g/mol. The summed E-state index contributed by atoms with van der Waals surface area (Å²) >= 11 is 0. The van der Waals surface area contributed by atoms with E-state index in [1.54, 1.807) is 0 Å². The molecular formula is C17H15N4+. The Balaban J connectivity index is 2.02. The molecule has 0 fully saturated rings. The fourth-order valence-electron chi connectivity index (χ4n) is 3.80. The van der Waals surface area contributed by atoms with Crippen LogP contribution in [0.15, 0.2) is 42.7 Å². The molecular weight excluding hydrogens is 260 g/mol. The van der Waals surface area contributed by atoms with Crippen LogP contribution in [0.25, 0.3) is 33.5 Å². The fourth-order valence-corrected chi connectivity index (χ4v) is 3.80. The van der Waals surface area contributed by atoms with Crippen LogP contribution in [0, 0.1) is 0 Å². The first kappa shape index (κ1) is 11.1. The van der Waals surface area contributed by atoms with Crippen molar-refractivity contribution in [1.82, 2.24) is 14.1 Å². The SMILES string of the molecule is Cn1c2[n+](c3c1c1ccncc1n3C)Cc1ccccc1-2. The Morgan fingerprint density at radius 3 is 2.86 bits per heavy atom. The van der Waals surface area contributed by atoms with Gasteiger partial charge in [0, 0.05) is 11.8 Å². The summed E-state index contributed by atoms with van der Waals surface area (Å²) in [6.07, 6.45) is 3.82. The van der Waals surface area contributed by atoms with Gasteiger partial charge in [-0.2, -0.15) is 0 Å². The molecule has 0 saturated carbocycles. The third kappa shape index (κ3) is 1.17. The quantitative estimate of drug-likeness (QED) is 0.399. The van der Waals surface area contributed by atoms with Gasteiger partial charge in [0.1, 0.15) is 5.52 Å². The van der Waals surface area contributed by atoms with Crippen molar-refractivity contribution in [2.75, 3.05) is 0 Å². The summed E-state index contributed by atoms with van der Waals surface area (Å²) in [6, 6.07) is 10.8. The molecule has 3 aromatic heterocycles. The van der Waals surface area contributed by atoms with Gasteiger partial charge in [-0.05, 0) is 12.1 Å². The van der Waals surface area contributed by atoms with Crippen molar-refractivity contribution in [3.05, 3.63) is 48.3 Å². The summed E-state index contributed by atoms with van der Waals surface area (Å²) in [4.78, 5) is 4.27. The third-order valence-corrected chi connectivity index (χ3v) is 4.70. The molecule has 1 aromatic carbocycles. The van der Waals surface area contributed by atoms with Crippen molar-refractivity contribution < 1.29 is 4.57 Å². The normalized spacial score (nSPS) is 13.0. The third-order valence-electron chi connectivity index (χ3n) is 4.70. The van der Waals surface area contributed by atoms with E-state index in [-0.39, 0.29) is 0 Å². The molecule has 4 heteroatoms. The van der Waals surface area contributed by atoms with E-state index < -0.39 is 0 Å². The lowest BCUT2D eigenvalue weighted by atomic mass is 10.1. The predicted octanol–water partition coefficient (Wildman–Crippen LogP) is 2.38. The van der Waals surface area contributed by atoms with Crippen molar-refractivity contribution >= 4 is 22.1 Å². The van der Waals surface area contributed by atoms with E-state index in [1.165, 1.54) is 39.0 Å². The molecule has 21 heavy (non-hydrogen) atoms. The standard InChI is InChI=1S/C17H15N4/c1-19-14-9-18-8-7-13(14)15-17(19)21-10-11-5-3-4-6-12(11)16(21)20(15)2/h3-9H,10H2,1-2H3/q+1. The molecule has 1 aliphatic rings. The molecule has 0 radical (unpaired) electrons. The van der Waals surface area contributed by atoms with Gasteiger partial charge >= 0.3 is 0 Å². The Morgan fingerprint density at radius 2 is 1.95 bits per heavy atom. The molecule has 4 aromatic rings. The topological polar surface area (TPSA) is 26.6 Å². The van der Waals surface area contributed by atoms with E-state index in [0.717, 1.165) is 6.54 Å². The molecule has 1 aliphatic heterocycles. The summed E-state index contributed by atoms with van der Waals surface area (Å²) in [5.74, 6) is 1.30. The van der Waals surface area contributed by atoms with Crippen LogP contribution in [0.5, 0.6) is 0 Å². The maximum atomic E-state index is 4.27. The molecule has 4 heterocycles. The maximum absolute atomic E-state index is 4.27. The number of rotatable bonds is 0. The van der Waals surface area contributed by atoms with Crippen molar-refractivity contribution in [3.8, 4) is 11.4 Å². The molecule has 0 aliphatic carbocycles. The van der Waals surface area contributed by atoms with Crippen LogP contribution in [-0.2, 0) is 20.6 Å². The first-order valence-corrected chi connectivity index (χ1v) is 7.16. The second-order valence-corrected chi connectivity index (χ2v) is 5.75. The van der Waals surface area contributed by atoms with Gasteiger partial charge in [0.05, 0.1) is 37.8 Å². The highest BCUT2D eigenvalue weighted by atomic mass is 15.2. The van der Waals surface area contributed by atoms with Crippen molar-refractivity contribution in [3.63, 3.8) is 0 Å². The first-order valence-electron chi connectivity index (χ1n) is 7.16. The molecule has 4 nitrogen and oxygen atoms in total. The zero-order chi connectivity index (χ0) is 14.1. The van der Waals surface area contributed by atoms with E-state index >= 15 is 0 Å². The van der Waals surface area contributed by atoms with E-state index in [1.807, 2.05) is 12.4 Å². The van der Waals surface area contributed by atoms with Crippen molar-refractivity contribution in [2.45, 2.75) is 6.54 Å². The predicted molar refractivity (Wildman–Crippen MR) is 81.9 cm³/mol. The highest BCUT2D eigenvalue weighted by molar-refractivity contribution is 6.04. The zero-order valence-corrected chi connectivity index (χ0v) is 12.0. The monoisotopic (exact) mass is 275 g/mol.